The highest BCUT2D eigenvalue weighted by Crippen LogP contribution is 2.03. The van der Waals surface area contributed by atoms with Gasteiger partial charge in [-0.25, -0.2) is 0 Å². The fourth-order valence-electron chi connectivity index (χ4n) is 1.56. The van der Waals surface area contributed by atoms with Gasteiger partial charge in [0.15, 0.2) is 0 Å². The molecule has 1 atom stereocenters. The van der Waals surface area contributed by atoms with E-state index in [4.69, 9.17) is 0 Å². The molecule has 4 nitrogen and oxygen atoms in total. The van der Waals surface area contributed by atoms with Gasteiger partial charge in [0.1, 0.15) is 0 Å². The maximum absolute atomic E-state index is 4.25. The zero-order chi connectivity index (χ0) is 12.0. The molecule has 0 fully saturated rings. The Labute approximate surface area is 98.1 Å². The highest BCUT2D eigenvalue weighted by Gasteiger charge is 2.13. The first kappa shape index (κ1) is 13.1. The van der Waals surface area contributed by atoms with Crippen molar-refractivity contribution in [3.8, 4) is 0 Å². The van der Waals surface area contributed by atoms with Crippen molar-refractivity contribution in [2.45, 2.75) is 26.4 Å². The van der Waals surface area contributed by atoms with Gasteiger partial charge in [-0.2, -0.15) is 0 Å². The first-order valence-corrected chi connectivity index (χ1v) is 5.72. The second kappa shape index (κ2) is 6.55. The van der Waals surface area contributed by atoms with Crippen LogP contribution in [0.3, 0.4) is 0 Å². The molecule has 1 heterocycles. The molecule has 0 aromatic carbocycles. The lowest BCUT2D eigenvalue weighted by Crippen LogP contribution is -2.41. The van der Waals surface area contributed by atoms with Crippen LogP contribution in [0.25, 0.3) is 0 Å². The van der Waals surface area contributed by atoms with Crippen molar-refractivity contribution in [3.05, 3.63) is 24.3 Å². The Morgan fingerprint density at radius 3 is 2.56 bits per heavy atom. The molecule has 0 saturated carbocycles. The minimum Gasteiger partial charge on any atom is -0.308 e. The topological polar surface area (TPSA) is 41.0 Å². The van der Waals surface area contributed by atoms with E-state index < -0.39 is 0 Å². The van der Waals surface area contributed by atoms with Crippen molar-refractivity contribution in [1.82, 2.24) is 20.2 Å². The lowest BCUT2D eigenvalue weighted by molar-refractivity contribution is 0.287. The smallest absolute Gasteiger partial charge is 0.0724 e. The molecular formula is C12H22N4. The summed E-state index contributed by atoms with van der Waals surface area (Å²) < 4.78 is 0. The maximum atomic E-state index is 4.25. The largest absolute Gasteiger partial charge is 0.308 e. The fourth-order valence-corrected chi connectivity index (χ4v) is 1.56. The lowest BCUT2D eigenvalue weighted by atomic mass is 10.0. The monoisotopic (exact) mass is 222 g/mol. The van der Waals surface area contributed by atoms with Crippen LogP contribution in [0.1, 0.15) is 19.5 Å². The molecule has 0 aliphatic heterocycles. The molecule has 1 rings (SSSR count). The molecule has 0 saturated heterocycles. The standard InChI is InChI=1S/C12H22N4/c1-10(2)12(9-16(3)4)15-8-11-7-13-5-6-14-11/h5-7,10,12,15H,8-9H2,1-4H3. The molecule has 16 heavy (non-hydrogen) atoms. The van der Waals surface area contributed by atoms with Gasteiger partial charge in [0.25, 0.3) is 0 Å². The molecule has 1 N–H and O–H groups in total. The number of hydrogen-bond acceptors (Lipinski definition) is 4. The molecule has 0 aliphatic rings. The fraction of sp³-hybridized carbons (Fsp3) is 0.667. The third-order valence-electron chi connectivity index (χ3n) is 2.53. The summed E-state index contributed by atoms with van der Waals surface area (Å²) in [6.45, 7) is 6.29. The second-order valence-corrected chi connectivity index (χ2v) is 4.69. The molecule has 1 unspecified atom stereocenters. The Morgan fingerprint density at radius 2 is 2.06 bits per heavy atom. The highest BCUT2D eigenvalue weighted by molar-refractivity contribution is 4.94. The van der Waals surface area contributed by atoms with Gasteiger partial charge in [-0.1, -0.05) is 13.8 Å². The quantitative estimate of drug-likeness (QED) is 0.784. The Kier molecular flexibility index (Phi) is 5.35. The van der Waals surface area contributed by atoms with Crippen LogP contribution in [0.4, 0.5) is 0 Å². The van der Waals surface area contributed by atoms with Gasteiger partial charge in [0.2, 0.25) is 0 Å². The van der Waals surface area contributed by atoms with Crippen molar-refractivity contribution in [2.24, 2.45) is 5.92 Å². The number of nitrogens with zero attached hydrogens (tertiary/aromatic N) is 3. The van der Waals surface area contributed by atoms with Crippen LogP contribution in [0.2, 0.25) is 0 Å². The van der Waals surface area contributed by atoms with Crippen molar-refractivity contribution in [1.29, 1.82) is 0 Å². The Balaban J connectivity index is 2.44. The number of likely N-dealkylation sites (N-methyl/N-ethyl adjacent to an activating group) is 1. The number of aromatic nitrogens is 2. The van der Waals surface area contributed by atoms with Gasteiger partial charge in [0.05, 0.1) is 5.69 Å². The summed E-state index contributed by atoms with van der Waals surface area (Å²) in [6.07, 6.45) is 5.23. The van der Waals surface area contributed by atoms with E-state index in [0.29, 0.717) is 12.0 Å². The summed E-state index contributed by atoms with van der Waals surface area (Å²) in [4.78, 5) is 10.5. The predicted octanol–water partition coefficient (Wildman–Crippen LogP) is 1.15. The van der Waals surface area contributed by atoms with Gasteiger partial charge in [-0.3, -0.25) is 9.97 Å². The van der Waals surface area contributed by atoms with Gasteiger partial charge < -0.3 is 10.2 Å². The van der Waals surface area contributed by atoms with E-state index in [1.165, 1.54) is 0 Å². The van der Waals surface area contributed by atoms with Crippen LogP contribution in [0, 0.1) is 5.92 Å². The lowest BCUT2D eigenvalue weighted by Gasteiger charge is -2.25. The normalized spacial score (nSPS) is 13.4. The summed E-state index contributed by atoms with van der Waals surface area (Å²) >= 11 is 0. The second-order valence-electron chi connectivity index (χ2n) is 4.69. The van der Waals surface area contributed by atoms with Crippen LogP contribution in [0.5, 0.6) is 0 Å². The van der Waals surface area contributed by atoms with Crippen LogP contribution in [-0.2, 0) is 6.54 Å². The minimum atomic E-state index is 0.483. The van der Waals surface area contributed by atoms with Crippen LogP contribution < -0.4 is 5.32 Å². The summed E-state index contributed by atoms with van der Waals surface area (Å²) in [6, 6.07) is 0.483. The van der Waals surface area contributed by atoms with E-state index in [2.05, 4.69) is 48.1 Å². The number of rotatable bonds is 6. The predicted molar refractivity (Wildman–Crippen MR) is 66.1 cm³/mol. The van der Waals surface area contributed by atoms with E-state index in [1.807, 2.05) is 0 Å². The van der Waals surface area contributed by atoms with E-state index >= 15 is 0 Å². The molecule has 0 bridgehead atoms. The van der Waals surface area contributed by atoms with E-state index in [1.54, 1.807) is 18.6 Å². The first-order chi connectivity index (χ1) is 7.59. The van der Waals surface area contributed by atoms with Gasteiger partial charge in [-0.15, -0.1) is 0 Å². The van der Waals surface area contributed by atoms with Crippen LogP contribution >= 0.6 is 0 Å². The number of hydrogen-bond donors (Lipinski definition) is 1. The zero-order valence-corrected chi connectivity index (χ0v) is 10.6. The van der Waals surface area contributed by atoms with Crippen molar-refractivity contribution < 1.29 is 0 Å². The van der Waals surface area contributed by atoms with Crippen LogP contribution in [-0.4, -0.2) is 41.5 Å². The van der Waals surface area contributed by atoms with E-state index in [9.17, 15) is 0 Å². The molecular weight excluding hydrogens is 200 g/mol. The molecule has 4 heteroatoms. The molecule has 0 amide bonds. The average Bonchev–Trinajstić information content (AvgIpc) is 2.25. The highest BCUT2D eigenvalue weighted by atomic mass is 15.1. The van der Waals surface area contributed by atoms with E-state index in [0.717, 1.165) is 18.8 Å². The maximum Gasteiger partial charge on any atom is 0.0724 e. The third-order valence-corrected chi connectivity index (χ3v) is 2.53. The van der Waals surface area contributed by atoms with Gasteiger partial charge in [0, 0.05) is 37.7 Å². The Hall–Kier alpha value is -1.00. The Morgan fingerprint density at radius 1 is 1.31 bits per heavy atom. The summed E-state index contributed by atoms with van der Waals surface area (Å²) in [5.41, 5.74) is 0.993. The molecule has 0 radical (unpaired) electrons. The van der Waals surface area contributed by atoms with Crippen molar-refractivity contribution in [3.63, 3.8) is 0 Å². The zero-order valence-electron chi connectivity index (χ0n) is 10.6. The first-order valence-electron chi connectivity index (χ1n) is 5.72. The third kappa shape index (κ3) is 4.68. The average molecular weight is 222 g/mol. The molecule has 1 aromatic heterocycles. The van der Waals surface area contributed by atoms with Gasteiger partial charge in [-0.05, 0) is 20.0 Å². The summed E-state index contributed by atoms with van der Waals surface area (Å²) in [5.74, 6) is 0.610. The van der Waals surface area contributed by atoms with Crippen LogP contribution in [0.15, 0.2) is 18.6 Å². The van der Waals surface area contributed by atoms with Crippen molar-refractivity contribution >= 4 is 0 Å². The van der Waals surface area contributed by atoms with Gasteiger partial charge >= 0.3 is 0 Å². The SMILES string of the molecule is CC(C)C(CN(C)C)NCc1cnccn1. The summed E-state index contributed by atoms with van der Waals surface area (Å²) in [5, 5.41) is 3.52. The molecule has 0 spiro atoms. The number of nitrogens with one attached hydrogen (secondary N) is 1. The van der Waals surface area contributed by atoms with E-state index in [-0.39, 0.29) is 0 Å². The summed E-state index contributed by atoms with van der Waals surface area (Å²) in [7, 11) is 4.19. The Bertz CT molecular complexity index is 284. The van der Waals surface area contributed by atoms with Crippen molar-refractivity contribution in [2.75, 3.05) is 20.6 Å². The molecule has 90 valence electrons. The molecule has 0 aliphatic carbocycles. The minimum absolute atomic E-state index is 0.483. The molecule has 1 aromatic rings.